The van der Waals surface area contributed by atoms with Crippen LogP contribution in [0.1, 0.15) is 26.2 Å². The van der Waals surface area contributed by atoms with Crippen molar-refractivity contribution < 1.29 is 32.6 Å². The molecule has 0 radical (unpaired) electrons. The van der Waals surface area contributed by atoms with Crippen molar-refractivity contribution in [3.05, 3.63) is 0 Å². The number of alkyl carbamates (subject to hydrolysis) is 1. The third-order valence-corrected chi connectivity index (χ3v) is 1.76. The fraction of sp³-hybridized carbons (Fsp3) is 0.778. The number of hydrogen-bond acceptors (Lipinski definition) is 3. The third-order valence-electron chi connectivity index (χ3n) is 1.76. The largest absolute Gasteiger partial charge is 0.480 e. The molecule has 8 heteroatoms. The fourth-order valence-corrected chi connectivity index (χ4v) is 0.925. The second-order valence-electron chi connectivity index (χ2n) is 3.34. The van der Waals surface area contributed by atoms with Crippen molar-refractivity contribution in [2.45, 2.75) is 38.4 Å². The zero-order chi connectivity index (χ0) is 13.5. The lowest BCUT2D eigenvalue weighted by Crippen LogP contribution is -2.43. The smallest absolute Gasteiger partial charge is 0.407 e. The lowest BCUT2D eigenvalue weighted by atomic mass is 10.2. The van der Waals surface area contributed by atoms with E-state index < -0.39 is 30.7 Å². The van der Waals surface area contributed by atoms with Crippen molar-refractivity contribution >= 4 is 12.1 Å². The van der Waals surface area contributed by atoms with E-state index in [-0.39, 0.29) is 6.61 Å². The Morgan fingerprint density at radius 1 is 1.41 bits per heavy atom. The molecule has 5 nitrogen and oxygen atoms in total. The van der Waals surface area contributed by atoms with Crippen molar-refractivity contribution in [1.82, 2.24) is 5.32 Å². The molecule has 0 saturated carbocycles. The maximum atomic E-state index is 12.0. The van der Waals surface area contributed by atoms with Gasteiger partial charge in [0.1, 0.15) is 6.04 Å². The number of aliphatic carboxylic acids is 1. The van der Waals surface area contributed by atoms with Gasteiger partial charge in [-0.15, -0.1) is 0 Å². The summed E-state index contributed by atoms with van der Waals surface area (Å²) in [4.78, 5) is 21.4. The molecule has 0 fully saturated rings. The van der Waals surface area contributed by atoms with Gasteiger partial charge in [-0.2, -0.15) is 13.2 Å². The van der Waals surface area contributed by atoms with E-state index in [1.54, 1.807) is 5.32 Å². The minimum Gasteiger partial charge on any atom is -0.480 e. The molecule has 1 atom stereocenters. The van der Waals surface area contributed by atoms with E-state index in [0.29, 0.717) is 6.42 Å². The number of unbranched alkanes of at least 4 members (excludes halogenated alkanes) is 1. The van der Waals surface area contributed by atoms with Gasteiger partial charge < -0.3 is 15.2 Å². The number of carbonyl (C=O) groups is 2. The number of carboxylic acids is 1. The Labute approximate surface area is 95.9 Å². The maximum absolute atomic E-state index is 12.0. The number of halogens is 3. The molecule has 0 aromatic carbocycles. The first-order valence-corrected chi connectivity index (χ1v) is 4.99. The van der Waals surface area contributed by atoms with Gasteiger partial charge in [0.15, 0.2) is 0 Å². The molecule has 0 bridgehead atoms. The highest BCUT2D eigenvalue weighted by Crippen LogP contribution is 2.21. The van der Waals surface area contributed by atoms with Crippen LogP contribution in [0.2, 0.25) is 0 Å². The van der Waals surface area contributed by atoms with Crippen LogP contribution in [0.15, 0.2) is 0 Å². The topological polar surface area (TPSA) is 75.6 Å². The van der Waals surface area contributed by atoms with Crippen molar-refractivity contribution in [2.24, 2.45) is 0 Å². The number of alkyl halides is 3. The highest BCUT2D eigenvalue weighted by atomic mass is 19.4. The van der Waals surface area contributed by atoms with Gasteiger partial charge >= 0.3 is 18.2 Å². The fourth-order valence-electron chi connectivity index (χ4n) is 0.925. The number of amides is 1. The zero-order valence-corrected chi connectivity index (χ0v) is 9.21. The number of carbonyl (C=O) groups excluding carboxylic acids is 1. The summed E-state index contributed by atoms with van der Waals surface area (Å²) in [6.45, 7) is 1.88. The van der Waals surface area contributed by atoms with Gasteiger partial charge in [0.2, 0.25) is 0 Å². The number of carboxylic acid groups (broad SMARTS) is 1. The number of rotatable bonds is 6. The van der Waals surface area contributed by atoms with Crippen LogP contribution in [0, 0.1) is 0 Å². The minimum atomic E-state index is -4.67. The maximum Gasteiger partial charge on any atom is 0.407 e. The molecule has 0 heterocycles. The van der Waals surface area contributed by atoms with Crippen molar-refractivity contribution in [1.29, 1.82) is 0 Å². The summed E-state index contributed by atoms with van der Waals surface area (Å²) in [5.74, 6) is -1.75. The summed E-state index contributed by atoms with van der Waals surface area (Å²) < 4.78 is 40.4. The van der Waals surface area contributed by atoms with Crippen LogP contribution in [0.4, 0.5) is 18.0 Å². The quantitative estimate of drug-likeness (QED) is 0.713. The normalized spacial score (nSPS) is 12.9. The van der Waals surface area contributed by atoms with E-state index in [2.05, 4.69) is 4.74 Å². The highest BCUT2D eigenvalue weighted by Gasteiger charge is 2.36. The SMILES string of the molecule is CCCCOC(=O)NC(CC(F)(F)F)C(=O)O. The van der Waals surface area contributed by atoms with Crippen LogP contribution >= 0.6 is 0 Å². The van der Waals surface area contributed by atoms with Crippen LogP contribution in [-0.2, 0) is 9.53 Å². The molecule has 0 aliphatic heterocycles. The Kier molecular flexibility index (Phi) is 6.37. The zero-order valence-electron chi connectivity index (χ0n) is 9.21. The standard InChI is InChI=1S/C9H14F3NO4/c1-2-3-4-17-8(16)13-6(7(14)15)5-9(10,11)12/h6H,2-5H2,1H3,(H,13,16)(H,14,15). The minimum absolute atomic E-state index is 0.0424. The Morgan fingerprint density at radius 3 is 2.41 bits per heavy atom. The van der Waals surface area contributed by atoms with Crippen LogP contribution in [0.25, 0.3) is 0 Å². The molecule has 2 N–H and O–H groups in total. The van der Waals surface area contributed by atoms with Crippen molar-refractivity contribution in [3.8, 4) is 0 Å². The molecule has 17 heavy (non-hydrogen) atoms. The van der Waals surface area contributed by atoms with E-state index in [0.717, 1.165) is 6.42 Å². The predicted molar refractivity (Wildman–Crippen MR) is 51.5 cm³/mol. The van der Waals surface area contributed by atoms with Crippen LogP contribution in [0.5, 0.6) is 0 Å². The molecule has 100 valence electrons. The lowest BCUT2D eigenvalue weighted by Gasteiger charge is -2.16. The predicted octanol–water partition coefficient (Wildman–Crippen LogP) is 1.92. The summed E-state index contributed by atoms with van der Waals surface area (Å²) in [6.07, 6.45) is -6.15. The van der Waals surface area contributed by atoms with Crippen molar-refractivity contribution in [3.63, 3.8) is 0 Å². The Hall–Kier alpha value is -1.47. The summed E-state index contributed by atoms with van der Waals surface area (Å²) in [7, 11) is 0. The summed E-state index contributed by atoms with van der Waals surface area (Å²) in [5.41, 5.74) is 0. The van der Waals surface area contributed by atoms with Gasteiger partial charge in [-0.1, -0.05) is 13.3 Å². The summed E-state index contributed by atoms with van der Waals surface area (Å²) in [6, 6.07) is -2.02. The van der Waals surface area contributed by atoms with Crippen LogP contribution in [-0.4, -0.2) is 36.0 Å². The Bertz CT molecular complexity index is 267. The Balaban J connectivity index is 4.17. The van der Waals surface area contributed by atoms with E-state index in [1.807, 2.05) is 6.92 Å². The molecule has 0 aromatic heterocycles. The van der Waals surface area contributed by atoms with Gasteiger partial charge in [-0.3, -0.25) is 0 Å². The third kappa shape index (κ3) is 8.35. The molecule has 0 rings (SSSR count). The summed E-state index contributed by atoms with van der Waals surface area (Å²) in [5, 5.41) is 10.1. The van der Waals surface area contributed by atoms with E-state index in [4.69, 9.17) is 5.11 Å². The van der Waals surface area contributed by atoms with Crippen LogP contribution in [0.3, 0.4) is 0 Å². The van der Waals surface area contributed by atoms with Crippen molar-refractivity contribution in [2.75, 3.05) is 6.61 Å². The monoisotopic (exact) mass is 257 g/mol. The second kappa shape index (κ2) is 6.97. The first kappa shape index (κ1) is 15.5. The van der Waals surface area contributed by atoms with Gasteiger partial charge in [0.25, 0.3) is 0 Å². The molecule has 1 amide bonds. The molecular formula is C9H14F3NO4. The first-order chi connectivity index (χ1) is 7.76. The first-order valence-electron chi connectivity index (χ1n) is 4.99. The van der Waals surface area contributed by atoms with Gasteiger partial charge in [-0.25, -0.2) is 9.59 Å². The molecular weight excluding hydrogens is 243 g/mol. The van der Waals surface area contributed by atoms with Gasteiger partial charge in [0.05, 0.1) is 13.0 Å². The second-order valence-corrected chi connectivity index (χ2v) is 3.34. The molecule has 0 saturated heterocycles. The van der Waals surface area contributed by atoms with E-state index in [1.165, 1.54) is 0 Å². The molecule has 0 spiro atoms. The van der Waals surface area contributed by atoms with Crippen LogP contribution < -0.4 is 5.32 Å². The molecule has 0 aliphatic carbocycles. The van der Waals surface area contributed by atoms with E-state index >= 15 is 0 Å². The Morgan fingerprint density at radius 2 is 2.00 bits per heavy atom. The van der Waals surface area contributed by atoms with Gasteiger partial charge in [0, 0.05) is 0 Å². The molecule has 1 unspecified atom stereocenters. The molecule has 0 aliphatic rings. The number of nitrogens with one attached hydrogen (secondary N) is 1. The van der Waals surface area contributed by atoms with Gasteiger partial charge in [-0.05, 0) is 6.42 Å². The molecule has 0 aromatic rings. The lowest BCUT2D eigenvalue weighted by molar-refractivity contribution is -0.158. The average Bonchev–Trinajstić information content (AvgIpc) is 2.15. The summed E-state index contributed by atoms with van der Waals surface area (Å²) >= 11 is 0. The number of ether oxygens (including phenoxy) is 1. The number of hydrogen-bond donors (Lipinski definition) is 2. The highest BCUT2D eigenvalue weighted by molar-refractivity contribution is 5.79. The van der Waals surface area contributed by atoms with E-state index in [9.17, 15) is 22.8 Å². The average molecular weight is 257 g/mol.